The van der Waals surface area contributed by atoms with Crippen molar-refractivity contribution in [3.8, 4) is 5.69 Å². The quantitative estimate of drug-likeness (QED) is 0.279. The zero-order valence-electron chi connectivity index (χ0n) is 15.2. The maximum absolute atomic E-state index is 13.0. The van der Waals surface area contributed by atoms with E-state index in [9.17, 15) is 4.79 Å². The highest BCUT2D eigenvalue weighted by Crippen LogP contribution is 2.26. The second kappa shape index (κ2) is 9.02. The van der Waals surface area contributed by atoms with E-state index in [0.717, 1.165) is 15.2 Å². The lowest BCUT2D eigenvalue weighted by molar-refractivity contribution is 0.833. The van der Waals surface area contributed by atoms with Gasteiger partial charge in [-0.2, -0.15) is 5.11 Å². The largest absolute Gasteiger partial charge is 0.299 e. The summed E-state index contributed by atoms with van der Waals surface area (Å²) in [4.78, 5) is 17.4. The van der Waals surface area contributed by atoms with E-state index in [2.05, 4.69) is 36.2 Å². The van der Waals surface area contributed by atoms with Gasteiger partial charge in [0.1, 0.15) is 0 Å². The smallest absolute Gasteiger partial charge is 0.292 e. The fraction of sp³-hybridized carbons (Fsp3) is 0.0476. The van der Waals surface area contributed by atoms with Crippen LogP contribution >= 0.6 is 27.7 Å². The average Bonchev–Trinajstić information content (AvgIpc) is 3.07. The number of aromatic amines is 1. The summed E-state index contributed by atoms with van der Waals surface area (Å²) in [6.45, 7) is 0. The van der Waals surface area contributed by atoms with Gasteiger partial charge in [0.15, 0.2) is 5.69 Å². The maximum Gasteiger partial charge on any atom is 0.299 e. The van der Waals surface area contributed by atoms with Gasteiger partial charge in [0.25, 0.3) is 5.56 Å². The Hall–Kier alpha value is -2.97. The van der Waals surface area contributed by atoms with Gasteiger partial charge in [-0.05, 0) is 42.5 Å². The van der Waals surface area contributed by atoms with E-state index in [1.807, 2.05) is 72.8 Å². The summed E-state index contributed by atoms with van der Waals surface area (Å²) >= 11 is 4.94. The summed E-state index contributed by atoms with van der Waals surface area (Å²) in [5.74, 6) is 0.513. The van der Waals surface area contributed by atoms with Crippen molar-refractivity contribution in [1.82, 2.24) is 14.8 Å². The third-order valence-electron chi connectivity index (χ3n) is 4.03. The number of halogens is 1. The first kappa shape index (κ1) is 19.4. The summed E-state index contributed by atoms with van der Waals surface area (Å²) < 4.78 is 2.39. The van der Waals surface area contributed by atoms with Gasteiger partial charge in [-0.3, -0.25) is 9.89 Å². The van der Waals surface area contributed by atoms with E-state index >= 15 is 0 Å². The molecule has 0 spiro atoms. The Labute approximate surface area is 179 Å². The van der Waals surface area contributed by atoms with Crippen LogP contribution in [0.15, 0.2) is 104 Å². The number of benzene rings is 2. The van der Waals surface area contributed by atoms with Gasteiger partial charge in [0.2, 0.25) is 0 Å². The number of pyridine rings is 1. The SMILES string of the molecule is O=c1c(N=Nc2cccc(Br)c2)c(CSc2ccccn2)[nH]n1-c1ccccc1. The highest BCUT2D eigenvalue weighted by molar-refractivity contribution is 9.10. The molecule has 0 fully saturated rings. The molecule has 0 saturated carbocycles. The van der Waals surface area contributed by atoms with Gasteiger partial charge in [-0.1, -0.05) is 58.0 Å². The zero-order valence-corrected chi connectivity index (χ0v) is 17.6. The first-order valence-electron chi connectivity index (χ1n) is 8.81. The first-order valence-corrected chi connectivity index (χ1v) is 10.6. The lowest BCUT2D eigenvalue weighted by Crippen LogP contribution is -2.13. The number of hydrogen-bond acceptors (Lipinski definition) is 5. The van der Waals surface area contributed by atoms with E-state index in [0.29, 0.717) is 17.1 Å². The summed E-state index contributed by atoms with van der Waals surface area (Å²) in [6, 6.07) is 22.6. The minimum Gasteiger partial charge on any atom is -0.292 e. The Morgan fingerprint density at radius 2 is 1.83 bits per heavy atom. The van der Waals surface area contributed by atoms with Crippen LogP contribution in [0.3, 0.4) is 0 Å². The number of rotatable bonds is 6. The molecule has 2 aromatic carbocycles. The molecule has 4 aromatic rings. The molecule has 2 aromatic heterocycles. The number of hydrogen-bond donors (Lipinski definition) is 1. The molecular weight excluding hydrogens is 450 g/mol. The highest BCUT2D eigenvalue weighted by Gasteiger charge is 2.16. The second-order valence-corrected chi connectivity index (χ2v) is 7.96. The number of para-hydroxylation sites is 1. The molecule has 0 aliphatic rings. The fourth-order valence-corrected chi connectivity index (χ4v) is 3.85. The van der Waals surface area contributed by atoms with Crippen LogP contribution in [0, 0.1) is 0 Å². The van der Waals surface area contributed by atoms with Crippen LogP contribution in [0.1, 0.15) is 5.69 Å². The average molecular weight is 466 g/mol. The number of aromatic nitrogens is 3. The fourth-order valence-electron chi connectivity index (χ4n) is 2.66. The lowest BCUT2D eigenvalue weighted by atomic mass is 10.3. The topological polar surface area (TPSA) is 75.4 Å². The van der Waals surface area contributed by atoms with Crippen molar-refractivity contribution in [2.24, 2.45) is 10.2 Å². The molecular formula is C21H16BrN5OS. The van der Waals surface area contributed by atoms with Crippen molar-refractivity contribution in [2.75, 3.05) is 0 Å². The molecule has 0 amide bonds. The summed E-state index contributed by atoms with van der Waals surface area (Å²) in [5.41, 5.74) is 2.14. The van der Waals surface area contributed by atoms with Gasteiger partial charge in [-0.15, -0.1) is 5.11 Å². The van der Waals surface area contributed by atoms with Crippen molar-refractivity contribution in [3.63, 3.8) is 0 Å². The molecule has 0 radical (unpaired) electrons. The standard InChI is InChI=1S/C21H16BrN5OS/c22-15-7-6-8-16(13-15)24-25-20-18(14-29-19-11-4-5-12-23-19)26-27(21(20)28)17-9-2-1-3-10-17/h1-13,26H,14H2. The van der Waals surface area contributed by atoms with Crippen LogP contribution in [-0.4, -0.2) is 14.8 Å². The number of thioether (sulfide) groups is 1. The third kappa shape index (κ3) is 4.72. The van der Waals surface area contributed by atoms with E-state index in [-0.39, 0.29) is 11.2 Å². The lowest BCUT2D eigenvalue weighted by Gasteiger charge is -2.01. The molecule has 0 atom stereocenters. The molecule has 0 unspecified atom stereocenters. The van der Waals surface area contributed by atoms with E-state index in [4.69, 9.17) is 0 Å². The van der Waals surface area contributed by atoms with Crippen LogP contribution in [-0.2, 0) is 5.75 Å². The van der Waals surface area contributed by atoms with Crippen LogP contribution < -0.4 is 5.56 Å². The van der Waals surface area contributed by atoms with Gasteiger partial charge < -0.3 is 0 Å². The van der Waals surface area contributed by atoms with E-state index in [1.165, 1.54) is 16.4 Å². The predicted octanol–water partition coefficient (Wildman–Crippen LogP) is 6.03. The molecule has 144 valence electrons. The monoisotopic (exact) mass is 465 g/mol. The van der Waals surface area contributed by atoms with Crippen molar-refractivity contribution >= 4 is 39.1 Å². The number of nitrogens with one attached hydrogen (secondary N) is 1. The van der Waals surface area contributed by atoms with Crippen LogP contribution in [0.4, 0.5) is 11.4 Å². The minimum atomic E-state index is -0.244. The molecule has 6 nitrogen and oxygen atoms in total. The summed E-state index contributed by atoms with van der Waals surface area (Å²) in [6.07, 6.45) is 1.74. The predicted molar refractivity (Wildman–Crippen MR) is 119 cm³/mol. The Balaban J connectivity index is 1.70. The van der Waals surface area contributed by atoms with Gasteiger partial charge in [-0.25, -0.2) is 9.67 Å². The van der Waals surface area contributed by atoms with Gasteiger partial charge >= 0.3 is 0 Å². The van der Waals surface area contributed by atoms with E-state index in [1.54, 1.807) is 6.20 Å². The Bertz CT molecular complexity index is 1190. The molecule has 0 saturated heterocycles. The van der Waals surface area contributed by atoms with E-state index < -0.39 is 0 Å². The second-order valence-electron chi connectivity index (χ2n) is 6.05. The Kier molecular flexibility index (Phi) is 6.02. The van der Waals surface area contributed by atoms with Crippen molar-refractivity contribution < 1.29 is 0 Å². The molecule has 0 bridgehead atoms. The molecule has 2 heterocycles. The Morgan fingerprint density at radius 1 is 1.00 bits per heavy atom. The Morgan fingerprint density at radius 3 is 2.59 bits per heavy atom. The molecule has 0 aliphatic heterocycles. The third-order valence-corrected chi connectivity index (χ3v) is 5.49. The molecule has 0 aliphatic carbocycles. The zero-order chi connectivity index (χ0) is 20.1. The first-order chi connectivity index (χ1) is 14.2. The van der Waals surface area contributed by atoms with Crippen molar-refractivity contribution in [3.05, 3.63) is 99.5 Å². The van der Waals surface area contributed by atoms with Crippen LogP contribution in [0.2, 0.25) is 0 Å². The number of azo groups is 1. The van der Waals surface area contributed by atoms with Gasteiger partial charge in [0.05, 0.1) is 22.1 Å². The molecule has 29 heavy (non-hydrogen) atoms. The molecule has 1 N–H and O–H groups in total. The van der Waals surface area contributed by atoms with Crippen molar-refractivity contribution in [2.45, 2.75) is 10.8 Å². The summed E-state index contributed by atoms with van der Waals surface area (Å²) in [5, 5.41) is 12.6. The number of H-pyrrole nitrogens is 1. The van der Waals surface area contributed by atoms with Crippen LogP contribution in [0.5, 0.6) is 0 Å². The summed E-state index contributed by atoms with van der Waals surface area (Å²) in [7, 11) is 0. The number of nitrogens with zero attached hydrogens (tertiary/aromatic N) is 4. The maximum atomic E-state index is 13.0. The molecule has 4 rings (SSSR count). The van der Waals surface area contributed by atoms with Crippen molar-refractivity contribution in [1.29, 1.82) is 0 Å². The minimum absolute atomic E-state index is 0.244. The normalized spacial score (nSPS) is 11.2. The highest BCUT2D eigenvalue weighted by atomic mass is 79.9. The van der Waals surface area contributed by atoms with Crippen LogP contribution in [0.25, 0.3) is 5.69 Å². The van der Waals surface area contributed by atoms with Gasteiger partial charge in [0, 0.05) is 16.4 Å². The molecule has 8 heteroatoms.